The van der Waals surface area contributed by atoms with Crippen LogP contribution in [0.3, 0.4) is 0 Å². The molecule has 0 heterocycles. The first kappa shape index (κ1) is 56.6. The average molecular weight is 819 g/mol. The minimum atomic E-state index is -0.770. The highest BCUT2D eigenvalue weighted by molar-refractivity contribution is 5.70. The van der Waals surface area contributed by atoms with E-state index >= 15 is 0 Å². The van der Waals surface area contributed by atoms with Crippen LogP contribution in [-0.4, -0.2) is 36.4 Å². The van der Waals surface area contributed by atoms with E-state index in [2.05, 4.69) is 26.0 Å². The molecule has 0 saturated carbocycles. The Hall–Kier alpha value is -1.36. The van der Waals surface area contributed by atoms with Crippen LogP contribution in [0.25, 0.3) is 0 Å². The second-order valence-corrected chi connectivity index (χ2v) is 18.0. The van der Waals surface area contributed by atoms with E-state index < -0.39 is 6.10 Å². The van der Waals surface area contributed by atoms with Gasteiger partial charge in [0.05, 0.1) is 6.61 Å². The standard InChI is InChI=1S/C53H102O5/c1-3-5-7-9-11-13-15-17-19-20-21-22-23-24-25-26-27-28-29-30-31-32-33-34-36-37-39-41-43-45-47-52(55)57-50-51(49-54)58-53(56)48-46-44-42-40-38-35-18-16-14-12-10-8-6-4-2/h16,18,51,54H,3-15,17,19-50H2,1-2H3/b18-16-. The molecule has 0 aliphatic heterocycles. The zero-order valence-corrected chi connectivity index (χ0v) is 39.3. The number of hydrogen-bond acceptors (Lipinski definition) is 5. The number of aliphatic hydroxyl groups excluding tert-OH is 1. The lowest BCUT2D eigenvalue weighted by molar-refractivity contribution is -0.161. The predicted molar refractivity (Wildman–Crippen MR) is 252 cm³/mol. The molecule has 0 rings (SSSR count). The van der Waals surface area contributed by atoms with Crippen molar-refractivity contribution in [3.63, 3.8) is 0 Å². The fourth-order valence-corrected chi connectivity index (χ4v) is 8.08. The van der Waals surface area contributed by atoms with Crippen LogP contribution in [0.2, 0.25) is 0 Å². The highest BCUT2D eigenvalue weighted by Crippen LogP contribution is 2.17. The molecule has 0 aliphatic rings. The summed E-state index contributed by atoms with van der Waals surface area (Å²) in [4.78, 5) is 24.4. The summed E-state index contributed by atoms with van der Waals surface area (Å²) in [5.74, 6) is -0.584. The van der Waals surface area contributed by atoms with Crippen molar-refractivity contribution in [2.75, 3.05) is 13.2 Å². The number of esters is 2. The van der Waals surface area contributed by atoms with Crippen LogP contribution in [0.15, 0.2) is 12.2 Å². The summed E-state index contributed by atoms with van der Waals surface area (Å²) in [5, 5.41) is 9.60. The molecule has 1 atom stereocenters. The number of aliphatic hydroxyl groups is 1. The Balaban J connectivity index is 3.38. The van der Waals surface area contributed by atoms with E-state index in [1.54, 1.807) is 0 Å². The molecule has 0 saturated heterocycles. The lowest BCUT2D eigenvalue weighted by Crippen LogP contribution is -2.28. The van der Waals surface area contributed by atoms with Gasteiger partial charge in [-0.05, 0) is 38.5 Å². The Morgan fingerprint density at radius 3 is 0.931 bits per heavy atom. The summed E-state index contributed by atoms with van der Waals surface area (Å²) in [6.45, 7) is 4.16. The molecule has 0 aliphatic carbocycles. The van der Waals surface area contributed by atoms with Crippen molar-refractivity contribution in [3.8, 4) is 0 Å². The van der Waals surface area contributed by atoms with Gasteiger partial charge in [-0.15, -0.1) is 0 Å². The molecule has 0 aromatic carbocycles. The maximum absolute atomic E-state index is 12.2. The van der Waals surface area contributed by atoms with Crippen molar-refractivity contribution in [2.45, 2.75) is 302 Å². The topological polar surface area (TPSA) is 72.8 Å². The van der Waals surface area contributed by atoms with E-state index in [0.717, 1.165) is 38.5 Å². The summed E-state index contributed by atoms with van der Waals surface area (Å²) < 4.78 is 10.7. The lowest BCUT2D eigenvalue weighted by atomic mass is 10.0. The molecule has 0 spiro atoms. The van der Waals surface area contributed by atoms with Gasteiger partial charge in [0.25, 0.3) is 0 Å². The van der Waals surface area contributed by atoms with Gasteiger partial charge < -0.3 is 14.6 Å². The van der Waals surface area contributed by atoms with E-state index in [1.807, 2.05) is 0 Å². The van der Waals surface area contributed by atoms with Crippen LogP contribution in [0.4, 0.5) is 0 Å². The Morgan fingerprint density at radius 1 is 0.379 bits per heavy atom. The summed E-state index contributed by atoms with van der Waals surface area (Å²) >= 11 is 0. The van der Waals surface area contributed by atoms with Gasteiger partial charge in [-0.25, -0.2) is 0 Å². The Kier molecular flexibility index (Phi) is 48.8. The summed E-state index contributed by atoms with van der Waals surface area (Å²) in [6, 6.07) is 0. The monoisotopic (exact) mass is 819 g/mol. The molecule has 0 aromatic heterocycles. The van der Waals surface area contributed by atoms with Gasteiger partial charge in [-0.2, -0.15) is 0 Å². The number of rotatable bonds is 49. The molecule has 5 nitrogen and oxygen atoms in total. The third-order valence-electron chi connectivity index (χ3n) is 12.1. The third-order valence-corrected chi connectivity index (χ3v) is 12.1. The highest BCUT2D eigenvalue weighted by Gasteiger charge is 2.16. The van der Waals surface area contributed by atoms with E-state index in [1.165, 1.54) is 231 Å². The second kappa shape index (κ2) is 50.0. The molecule has 0 fully saturated rings. The van der Waals surface area contributed by atoms with Gasteiger partial charge in [0.1, 0.15) is 6.61 Å². The predicted octanol–water partition coefficient (Wildman–Crippen LogP) is 17.2. The van der Waals surface area contributed by atoms with Crippen molar-refractivity contribution >= 4 is 11.9 Å². The normalized spacial score (nSPS) is 12.1. The Morgan fingerprint density at radius 2 is 0.638 bits per heavy atom. The molecule has 0 aromatic rings. The Labute approximate surface area is 362 Å². The zero-order chi connectivity index (χ0) is 42.1. The molecule has 58 heavy (non-hydrogen) atoms. The first-order valence-electron chi connectivity index (χ1n) is 26.2. The number of ether oxygens (including phenoxy) is 2. The molecule has 344 valence electrons. The van der Waals surface area contributed by atoms with Gasteiger partial charge in [0.15, 0.2) is 6.10 Å². The largest absolute Gasteiger partial charge is 0.462 e. The van der Waals surface area contributed by atoms with Gasteiger partial charge in [-0.1, -0.05) is 257 Å². The summed E-state index contributed by atoms with van der Waals surface area (Å²) in [7, 11) is 0. The first-order valence-corrected chi connectivity index (χ1v) is 26.2. The molecular formula is C53H102O5. The van der Waals surface area contributed by atoms with Crippen LogP contribution in [-0.2, 0) is 19.1 Å². The van der Waals surface area contributed by atoms with Crippen molar-refractivity contribution in [3.05, 3.63) is 12.2 Å². The molecule has 0 amide bonds. The first-order chi connectivity index (χ1) is 28.6. The number of allylic oxidation sites excluding steroid dienone is 2. The average Bonchev–Trinajstić information content (AvgIpc) is 3.23. The van der Waals surface area contributed by atoms with E-state index in [4.69, 9.17) is 9.47 Å². The lowest BCUT2D eigenvalue weighted by Gasteiger charge is -2.15. The maximum Gasteiger partial charge on any atom is 0.306 e. The van der Waals surface area contributed by atoms with E-state index in [9.17, 15) is 14.7 Å². The van der Waals surface area contributed by atoms with Gasteiger partial charge in [0, 0.05) is 12.8 Å². The number of carbonyl (C=O) groups excluding carboxylic acids is 2. The number of unbranched alkanes of at least 4 members (excludes halogenated alkanes) is 39. The van der Waals surface area contributed by atoms with Gasteiger partial charge in [0.2, 0.25) is 0 Å². The quantitative estimate of drug-likeness (QED) is 0.0376. The van der Waals surface area contributed by atoms with E-state index in [0.29, 0.717) is 12.8 Å². The minimum absolute atomic E-state index is 0.0626. The molecule has 0 bridgehead atoms. The summed E-state index contributed by atoms with van der Waals surface area (Å²) in [6.07, 6.45) is 60.4. The third kappa shape index (κ3) is 47.3. The van der Waals surface area contributed by atoms with Crippen molar-refractivity contribution in [1.29, 1.82) is 0 Å². The van der Waals surface area contributed by atoms with Crippen LogP contribution in [0, 0.1) is 0 Å². The zero-order valence-electron chi connectivity index (χ0n) is 39.3. The van der Waals surface area contributed by atoms with Gasteiger partial charge >= 0.3 is 11.9 Å². The van der Waals surface area contributed by atoms with Gasteiger partial charge in [-0.3, -0.25) is 9.59 Å². The van der Waals surface area contributed by atoms with Crippen LogP contribution < -0.4 is 0 Å². The fourth-order valence-electron chi connectivity index (χ4n) is 8.08. The van der Waals surface area contributed by atoms with Crippen LogP contribution in [0.5, 0.6) is 0 Å². The number of carbonyl (C=O) groups is 2. The van der Waals surface area contributed by atoms with Crippen molar-refractivity contribution in [1.82, 2.24) is 0 Å². The van der Waals surface area contributed by atoms with Crippen LogP contribution in [0.1, 0.15) is 296 Å². The second-order valence-electron chi connectivity index (χ2n) is 18.0. The van der Waals surface area contributed by atoms with Crippen molar-refractivity contribution in [2.24, 2.45) is 0 Å². The van der Waals surface area contributed by atoms with Crippen molar-refractivity contribution < 1.29 is 24.2 Å². The van der Waals surface area contributed by atoms with E-state index in [-0.39, 0.29) is 25.2 Å². The molecule has 1 unspecified atom stereocenters. The SMILES string of the molecule is CCCCCCC/C=C\CCCCCCCC(=O)OC(CO)COC(=O)CCCCCCCCCCCCCCCCCCCCCCCCCCCCCCCC. The molecule has 1 N–H and O–H groups in total. The molecular weight excluding hydrogens is 717 g/mol. The highest BCUT2D eigenvalue weighted by atomic mass is 16.6. The Bertz CT molecular complexity index is 840. The fraction of sp³-hybridized carbons (Fsp3) is 0.925. The smallest absolute Gasteiger partial charge is 0.306 e. The summed E-state index contributed by atoms with van der Waals surface area (Å²) in [5.41, 5.74) is 0. The number of hydrogen-bond donors (Lipinski definition) is 1. The van der Waals surface area contributed by atoms with Crippen LogP contribution >= 0.6 is 0 Å². The molecule has 5 heteroatoms. The maximum atomic E-state index is 12.2. The minimum Gasteiger partial charge on any atom is -0.462 e. The molecule has 0 radical (unpaired) electrons.